The molecule has 1 aromatic carbocycles. The molecule has 1 unspecified atom stereocenters. The molecule has 2 N–H and O–H groups in total. The topological polar surface area (TPSA) is 87.7 Å². The molecule has 7 heteroatoms. The summed E-state index contributed by atoms with van der Waals surface area (Å²) >= 11 is 0. The molecule has 164 valence electrons. The average molecular weight is 416 g/mol. The molecular weight excluding hydrogens is 382 g/mol. The smallest absolute Gasteiger partial charge is 0.320 e. The number of hydrogen-bond donors (Lipinski definition) is 2. The summed E-state index contributed by atoms with van der Waals surface area (Å²) in [5.41, 5.74) is 1.84. The molecule has 2 aliphatic rings. The van der Waals surface area contributed by atoms with E-state index < -0.39 is 5.60 Å². The van der Waals surface area contributed by atoms with E-state index in [0.29, 0.717) is 31.8 Å². The molecule has 0 saturated carbocycles. The van der Waals surface area contributed by atoms with Gasteiger partial charge in [-0.1, -0.05) is 12.1 Å². The van der Waals surface area contributed by atoms with Crippen LogP contribution < -0.4 is 10.6 Å². The fourth-order valence-corrected chi connectivity index (χ4v) is 4.03. The molecule has 1 aromatic rings. The Morgan fingerprint density at radius 2 is 1.80 bits per heavy atom. The summed E-state index contributed by atoms with van der Waals surface area (Å²) in [5, 5.41) is 5.70. The molecular formula is C23H33N3O4. The van der Waals surface area contributed by atoms with Crippen LogP contribution in [0.25, 0.3) is 0 Å². The zero-order chi connectivity index (χ0) is 21.7. The number of imide groups is 1. The Bertz CT molecular complexity index is 762. The van der Waals surface area contributed by atoms with Gasteiger partial charge >= 0.3 is 5.97 Å². The molecule has 3 rings (SSSR count). The van der Waals surface area contributed by atoms with Gasteiger partial charge in [0.15, 0.2) is 0 Å². The number of anilines is 1. The molecule has 0 spiro atoms. The molecule has 30 heavy (non-hydrogen) atoms. The van der Waals surface area contributed by atoms with Crippen LogP contribution in [-0.2, 0) is 19.1 Å². The number of ether oxygens (including phenoxy) is 1. The lowest BCUT2D eigenvalue weighted by Crippen LogP contribution is -2.43. The number of benzene rings is 1. The van der Waals surface area contributed by atoms with E-state index in [1.807, 2.05) is 32.9 Å². The normalized spacial score (nSPS) is 21.2. The number of esters is 1. The van der Waals surface area contributed by atoms with E-state index in [-0.39, 0.29) is 23.7 Å². The summed E-state index contributed by atoms with van der Waals surface area (Å²) < 4.78 is 5.41. The van der Waals surface area contributed by atoms with Gasteiger partial charge in [0.05, 0.1) is 12.5 Å². The van der Waals surface area contributed by atoms with Crippen LogP contribution in [0.3, 0.4) is 0 Å². The number of nitrogens with zero attached hydrogens (tertiary/aromatic N) is 1. The lowest BCUT2D eigenvalue weighted by molar-refractivity contribution is -0.156. The predicted molar refractivity (Wildman–Crippen MR) is 115 cm³/mol. The Balaban J connectivity index is 1.43. The number of hydrogen-bond acceptors (Lipinski definition) is 6. The largest absolute Gasteiger partial charge is 0.459 e. The molecule has 1 atom stereocenters. The van der Waals surface area contributed by atoms with Crippen LogP contribution in [0.15, 0.2) is 24.3 Å². The van der Waals surface area contributed by atoms with Crippen molar-refractivity contribution in [2.24, 2.45) is 5.92 Å². The van der Waals surface area contributed by atoms with Crippen LogP contribution >= 0.6 is 0 Å². The van der Waals surface area contributed by atoms with E-state index in [1.165, 1.54) is 5.56 Å². The second-order valence-electron chi connectivity index (χ2n) is 9.29. The zero-order valence-corrected chi connectivity index (χ0v) is 18.2. The highest BCUT2D eigenvalue weighted by molar-refractivity contribution is 5.98. The number of carbonyl (C=O) groups excluding carboxylic acids is 3. The van der Waals surface area contributed by atoms with E-state index in [9.17, 15) is 14.4 Å². The van der Waals surface area contributed by atoms with Crippen LogP contribution in [0.1, 0.15) is 57.9 Å². The highest BCUT2D eigenvalue weighted by Gasteiger charge is 2.26. The summed E-state index contributed by atoms with van der Waals surface area (Å²) in [4.78, 5) is 37.3. The van der Waals surface area contributed by atoms with Gasteiger partial charge < -0.3 is 10.1 Å². The highest BCUT2D eigenvalue weighted by Crippen LogP contribution is 2.29. The van der Waals surface area contributed by atoms with Crippen molar-refractivity contribution in [3.63, 3.8) is 0 Å². The Morgan fingerprint density at radius 1 is 1.13 bits per heavy atom. The van der Waals surface area contributed by atoms with Crippen LogP contribution in [-0.4, -0.2) is 54.5 Å². The maximum atomic E-state index is 12.0. The van der Waals surface area contributed by atoms with E-state index in [4.69, 9.17) is 4.74 Å². The minimum absolute atomic E-state index is 0.160. The Hall–Kier alpha value is -2.41. The van der Waals surface area contributed by atoms with E-state index in [0.717, 1.165) is 31.6 Å². The van der Waals surface area contributed by atoms with Gasteiger partial charge in [-0.15, -0.1) is 0 Å². The third-order valence-electron chi connectivity index (χ3n) is 5.65. The summed E-state index contributed by atoms with van der Waals surface area (Å²) in [6.45, 7) is 8.33. The van der Waals surface area contributed by atoms with Crippen molar-refractivity contribution in [3.8, 4) is 0 Å². The second kappa shape index (κ2) is 9.60. The fraction of sp³-hybridized carbons (Fsp3) is 0.609. The standard InChI is InChI=1S/C23H33N3O4/c1-23(2,3)30-21(28)15-26-12-10-17(11-13-26)16-4-7-19(8-5-16)24-14-18-6-9-20(27)25-22(18)29/h4-5,7-8,17-18,24H,6,9-15H2,1-3H3,(H,25,27,29). The fourth-order valence-electron chi connectivity index (χ4n) is 4.03. The Morgan fingerprint density at radius 3 is 2.40 bits per heavy atom. The van der Waals surface area contributed by atoms with Gasteiger partial charge in [-0.05, 0) is 76.7 Å². The molecule has 2 saturated heterocycles. The molecule has 7 nitrogen and oxygen atoms in total. The SMILES string of the molecule is CC(C)(C)OC(=O)CN1CCC(c2ccc(NCC3CCC(=O)NC3=O)cc2)CC1. The van der Waals surface area contributed by atoms with Crippen molar-refractivity contribution in [3.05, 3.63) is 29.8 Å². The van der Waals surface area contributed by atoms with Gasteiger partial charge in [0.1, 0.15) is 5.60 Å². The molecule has 2 fully saturated rings. The van der Waals surface area contributed by atoms with Crippen molar-refractivity contribution in [2.45, 2.75) is 58.0 Å². The number of nitrogens with one attached hydrogen (secondary N) is 2. The van der Waals surface area contributed by atoms with Gasteiger partial charge in [0, 0.05) is 18.7 Å². The number of amides is 2. The zero-order valence-electron chi connectivity index (χ0n) is 18.2. The lowest BCUT2D eigenvalue weighted by atomic mass is 9.89. The number of piperidine rings is 2. The third-order valence-corrected chi connectivity index (χ3v) is 5.65. The molecule has 0 aliphatic carbocycles. The lowest BCUT2D eigenvalue weighted by Gasteiger charge is -2.32. The first-order chi connectivity index (χ1) is 14.2. The number of likely N-dealkylation sites (tertiary alicyclic amines) is 1. The Labute approximate surface area is 178 Å². The molecule has 0 bridgehead atoms. The first kappa shape index (κ1) is 22.3. The van der Waals surface area contributed by atoms with E-state index in [1.54, 1.807) is 0 Å². The second-order valence-corrected chi connectivity index (χ2v) is 9.29. The molecule has 2 aliphatic heterocycles. The summed E-state index contributed by atoms with van der Waals surface area (Å²) in [6.07, 6.45) is 3.04. The molecule has 0 aromatic heterocycles. The number of carbonyl (C=O) groups is 3. The number of rotatable bonds is 6. The van der Waals surface area contributed by atoms with Crippen LogP contribution in [0.5, 0.6) is 0 Å². The van der Waals surface area contributed by atoms with Crippen molar-refractivity contribution >= 4 is 23.5 Å². The summed E-state index contributed by atoms with van der Waals surface area (Å²) in [5.74, 6) is -0.209. The maximum Gasteiger partial charge on any atom is 0.320 e. The summed E-state index contributed by atoms with van der Waals surface area (Å²) in [7, 11) is 0. The van der Waals surface area contributed by atoms with Crippen LogP contribution in [0.4, 0.5) is 5.69 Å². The van der Waals surface area contributed by atoms with E-state index in [2.05, 4.69) is 27.7 Å². The predicted octanol–water partition coefficient (Wildman–Crippen LogP) is 2.67. The van der Waals surface area contributed by atoms with Gasteiger partial charge in [0.25, 0.3) is 0 Å². The first-order valence-corrected chi connectivity index (χ1v) is 10.8. The maximum absolute atomic E-state index is 12.0. The van der Waals surface area contributed by atoms with Crippen molar-refractivity contribution in [1.82, 2.24) is 10.2 Å². The van der Waals surface area contributed by atoms with Crippen molar-refractivity contribution in [2.75, 3.05) is 31.5 Å². The molecule has 0 radical (unpaired) electrons. The average Bonchev–Trinajstić information content (AvgIpc) is 2.67. The monoisotopic (exact) mass is 415 g/mol. The van der Waals surface area contributed by atoms with Crippen LogP contribution in [0.2, 0.25) is 0 Å². The highest BCUT2D eigenvalue weighted by atomic mass is 16.6. The summed E-state index contributed by atoms with van der Waals surface area (Å²) in [6, 6.07) is 8.38. The molecule has 2 amide bonds. The van der Waals surface area contributed by atoms with Gasteiger partial charge in [-0.3, -0.25) is 24.6 Å². The quantitative estimate of drug-likeness (QED) is 0.549. The van der Waals surface area contributed by atoms with E-state index >= 15 is 0 Å². The van der Waals surface area contributed by atoms with Crippen LogP contribution in [0, 0.1) is 5.92 Å². The van der Waals surface area contributed by atoms with Gasteiger partial charge in [-0.2, -0.15) is 0 Å². The molecule has 2 heterocycles. The van der Waals surface area contributed by atoms with Crippen molar-refractivity contribution < 1.29 is 19.1 Å². The third kappa shape index (κ3) is 6.55. The Kier molecular flexibility index (Phi) is 7.13. The minimum Gasteiger partial charge on any atom is -0.459 e. The minimum atomic E-state index is -0.441. The van der Waals surface area contributed by atoms with Crippen molar-refractivity contribution in [1.29, 1.82) is 0 Å². The first-order valence-electron chi connectivity index (χ1n) is 10.8. The van der Waals surface area contributed by atoms with Gasteiger partial charge in [0.2, 0.25) is 11.8 Å². The van der Waals surface area contributed by atoms with Gasteiger partial charge in [-0.25, -0.2) is 0 Å².